The molecule has 33 heavy (non-hydrogen) atoms. The van der Waals surface area contributed by atoms with Crippen LogP contribution < -0.4 is 4.72 Å². The highest BCUT2D eigenvalue weighted by Gasteiger charge is 2.27. The topological polar surface area (TPSA) is 127 Å². The number of ether oxygens (including phenoxy) is 1. The molecule has 1 aliphatic heterocycles. The standard InChI is InChI=1S/C22H24N2O7S2/c25-21(19-8-10-20(11-9-19)33(29,30)24-13-4-5-14-24)17-31-22(26)16-23-32(27,28)15-12-18-6-2-1-3-7-18/h1-3,6-12,15,23H,4-5,13-14,16-17H2/b15-12+. The summed E-state index contributed by atoms with van der Waals surface area (Å²) in [6.45, 7) is -0.282. The molecular formula is C22H24N2O7S2. The maximum absolute atomic E-state index is 12.5. The summed E-state index contributed by atoms with van der Waals surface area (Å²) in [4.78, 5) is 24.2. The number of nitrogens with one attached hydrogen (secondary N) is 1. The van der Waals surface area contributed by atoms with Crippen LogP contribution in [0.15, 0.2) is 64.9 Å². The van der Waals surface area contributed by atoms with Crippen LogP contribution >= 0.6 is 0 Å². The van der Waals surface area contributed by atoms with Gasteiger partial charge < -0.3 is 4.74 Å². The van der Waals surface area contributed by atoms with Gasteiger partial charge in [-0.15, -0.1) is 0 Å². The Morgan fingerprint density at radius 3 is 2.21 bits per heavy atom. The van der Waals surface area contributed by atoms with Crippen LogP contribution in [0, 0.1) is 0 Å². The lowest BCUT2D eigenvalue weighted by molar-refractivity contribution is -0.141. The van der Waals surface area contributed by atoms with Crippen molar-refractivity contribution < 1.29 is 31.2 Å². The lowest BCUT2D eigenvalue weighted by atomic mass is 10.1. The minimum Gasteiger partial charge on any atom is -0.456 e. The SMILES string of the molecule is O=C(CNS(=O)(=O)/C=C/c1ccccc1)OCC(=O)c1ccc(S(=O)(=O)N2CCCC2)cc1. The van der Waals surface area contributed by atoms with Gasteiger partial charge in [-0.05, 0) is 48.7 Å². The Labute approximate surface area is 193 Å². The van der Waals surface area contributed by atoms with E-state index in [1.807, 2.05) is 0 Å². The summed E-state index contributed by atoms with van der Waals surface area (Å²) in [5.74, 6) is -1.46. The van der Waals surface area contributed by atoms with Crippen LogP contribution in [0.25, 0.3) is 6.08 Å². The largest absolute Gasteiger partial charge is 0.456 e. The molecule has 11 heteroatoms. The van der Waals surface area contributed by atoms with Crippen LogP contribution in [0.2, 0.25) is 0 Å². The Kier molecular flexibility index (Phi) is 8.14. The molecule has 1 N–H and O–H groups in total. The van der Waals surface area contributed by atoms with Gasteiger partial charge in [0.2, 0.25) is 20.0 Å². The van der Waals surface area contributed by atoms with Gasteiger partial charge >= 0.3 is 5.97 Å². The first-order valence-corrected chi connectivity index (χ1v) is 13.2. The van der Waals surface area contributed by atoms with Crippen molar-refractivity contribution in [2.24, 2.45) is 0 Å². The summed E-state index contributed by atoms with van der Waals surface area (Å²) in [6.07, 6.45) is 3.02. The van der Waals surface area contributed by atoms with E-state index < -0.39 is 45.0 Å². The fourth-order valence-corrected chi connectivity index (χ4v) is 5.38. The second-order valence-electron chi connectivity index (χ2n) is 7.30. The van der Waals surface area contributed by atoms with E-state index in [-0.39, 0.29) is 10.5 Å². The van der Waals surface area contributed by atoms with E-state index in [9.17, 15) is 26.4 Å². The summed E-state index contributed by atoms with van der Waals surface area (Å²) >= 11 is 0. The first kappa shape index (κ1) is 24.8. The number of rotatable bonds is 10. The van der Waals surface area contributed by atoms with Crippen molar-refractivity contribution >= 4 is 37.9 Å². The van der Waals surface area contributed by atoms with Gasteiger partial charge in [0.25, 0.3) is 0 Å². The van der Waals surface area contributed by atoms with E-state index in [2.05, 4.69) is 4.72 Å². The molecule has 1 saturated heterocycles. The van der Waals surface area contributed by atoms with E-state index in [0.29, 0.717) is 18.7 Å². The molecule has 0 spiro atoms. The summed E-state index contributed by atoms with van der Waals surface area (Å²) in [6, 6.07) is 14.2. The highest BCUT2D eigenvalue weighted by Crippen LogP contribution is 2.21. The Hall–Kier alpha value is -2.86. The predicted octanol–water partition coefficient (Wildman–Crippen LogP) is 1.79. The summed E-state index contributed by atoms with van der Waals surface area (Å²) < 4.78 is 57.3. The van der Waals surface area contributed by atoms with E-state index in [1.165, 1.54) is 34.6 Å². The smallest absolute Gasteiger partial charge is 0.321 e. The molecular weight excluding hydrogens is 468 g/mol. The van der Waals surface area contributed by atoms with Gasteiger partial charge in [-0.1, -0.05) is 30.3 Å². The minimum atomic E-state index is -3.87. The van der Waals surface area contributed by atoms with Crippen molar-refractivity contribution in [3.63, 3.8) is 0 Å². The summed E-state index contributed by atoms with van der Waals surface area (Å²) in [5, 5.41) is 0.929. The third-order valence-corrected chi connectivity index (χ3v) is 7.85. The fraction of sp³-hybridized carbons (Fsp3) is 0.273. The van der Waals surface area contributed by atoms with Gasteiger partial charge in [-0.25, -0.2) is 21.6 Å². The van der Waals surface area contributed by atoms with Crippen molar-refractivity contribution in [1.29, 1.82) is 0 Å². The minimum absolute atomic E-state index is 0.0934. The quantitative estimate of drug-likeness (QED) is 0.396. The molecule has 0 unspecified atom stereocenters. The van der Waals surface area contributed by atoms with Gasteiger partial charge in [-0.2, -0.15) is 4.31 Å². The van der Waals surface area contributed by atoms with Crippen LogP contribution in [0.1, 0.15) is 28.8 Å². The number of esters is 1. The summed E-state index contributed by atoms with van der Waals surface area (Å²) in [5.41, 5.74) is 0.852. The Balaban J connectivity index is 1.48. The predicted molar refractivity (Wildman–Crippen MR) is 122 cm³/mol. The van der Waals surface area contributed by atoms with Crippen molar-refractivity contribution in [2.75, 3.05) is 26.2 Å². The van der Waals surface area contributed by atoms with Crippen molar-refractivity contribution in [2.45, 2.75) is 17.7 Å². The molecule has 1 aliphatic rings. The van der Waals surface area contributed by atoms with Crippen molar-refractivity contribution in [3.05, 3.63) is 71.1 Å². The number of ketones is 1. The number of carbonyl (C=O) groups is 2. The Morgan fingerprint density at radius 2 is 1.58 bits per heavy atom. The highest BCUT2D eigenvalue weighted by atomic mass is 32.2. The number of sulfonamides is 2. The van der Waals surface area contributed by atoms with E-state index >= 15 is 0 Å². The van der Waals surface area contributed by atoms with Crippen LogP contribution in [0.3, 0.4) is 0 Å². The normalized spacial score (nSPS) is 15.0. The van der Waals surface area contributed by atoms with Gasteiger partial charge in [0, 0.05) is 24.1 Å². The van der Waals surface area contributed by atoms with Gasteiger partial charge in [0.05, 0.1) is 4.90 Å². The van der Waals surface area contributed by atoms with Crippen molar-refractivity contribution in [3.8, 4) is 0 Å². The van der Waals surface area contributed by atoms with Crippen LogP contribution in [0.4, 0.5) is 0 Å². The van der Waals surface area contributed by atoms with Crippen molar-refractivity contribution in [1.82, 2.24) is 9.03 Å². The van der Waals surface area contributed by atoms with Gasteiger partial charge in [0.15, 0.2) is 12.4 Å². The first-order valence-electron chi connectivity index (χ1n) is 10.2. The van der Waals surface area contributed by atoms with Crippen LogP contribution in [0.5, 0.6) is 0 Å². The van der Waals surface area contributed by atoms with Crippen LogP contribution in [-0.4, -0.2) is 59.1 Å². The molecule has 1 heterocycles. The molecule has 0 atom stereocenters. The maximum Gasteiger partial charge on any atom is 0.321 e. The average Bonchev–Trinajstić information content (AvgIpc) is 3.37. The molecule has 2 aromatic carbocycles. The molecule has 0 bridgehead atoms. The maximum atomic E-state index is 12.5. The second-order valence-corrected chi connectivity index (χ2v) is 10.9. The second kappa shape index (κ2) is 10.8. The third kappa shape index (κ3) is 7.06. The highest BCUT2D eigenvalue weighted by molar-refractivity contribution is 7.92. The van der Waals surface area contributed by atoms with Crippen LogP contribution in [-0.2, 0) is 29.6 Å². The number of hydrogen-bond donors (Lipinski definition) is 1. The number of nitrogens with zero attached hydrogens (tertiary/aromatic N) is 1. The molecule has 3 rings (SSSR count). The lowest BCUT2D eigenvalue weighted by Crippen LogP contribution is -2.30. The zero-order chi connectivity index (χ0) is 23.9. The van der Waals surface area contributed by atoms with E-state index in [0.717, 1.165) is 18.2 Å². The number of Topliss-reactive ketones (excluding diaryl/α,β-unsaturated/α-hetero) is 1. The monoisotopic (exact) mass is 492 g/mol. The summed E-state index contributed by atoms with van der Waals surface area (Å²) in [7, 11) is -7.45. The molecule has 0 saturated carbocycles. The number of hydrogen-bond acceptors (Lipinski definition) is 7. The van der Waals surface area contributed by atoms with E-state index in [4.69, 9.17) is 4.74 Å². The zero-order valence-electron chi connectivity index (χ0n) is 17.7. The number of carbonyl (C=O) groups excluding carboxylic acids is 2. The van der Waals surface area contributed by atoms with Gasteiger partial charge in [-0.3, -0.25) is 9.59 Å². The molecule has 0 aromatic heterocycles. The molecule has 2 aromatic rings. The molecule has 9 nitrogen and oxygen atoms in total. The first-order chi connectivity index (χ1) is 15.7. The number of benzene rings is 2. The molecule has 0 amide bonds. The zero-order valence-corrected chi connectivity index (χ0v) is 19.3. The van der Waals surface area contributed by atoms with E-state index in [1.54, 1.807) is 30.3 Å². The lowest BCUT2D eigenvalue weighted by Gasteiger charge is -2.15. The molecule has 0 aliphatic carbocycles. The Bertz CT molecular complexity index is 1220. The molecule has 176 valence electrons. The average molecular weight is 493 g/mol. The fourth-order valence-electron chi connectivity index (χ4n) is 3.11. The molecule has 1 fully saturated rings. The Morgan fingerprint density at radius 1 is 0.939 bits per heavy atom. The molecule has 0 radical (unpaired) electrons. The third-order valence-electron chi connectivity index (χ3n) is 4.90. The van der Waals surface area contributed by atoms with Gasteiger partial charge in [0.1, 0.15) is 6.54 Å².